The van der Waals surface area contributed by atoms with Gasteiger partial charge in [-0.15, -0.1) is 0 Å². The van der Waals surface area contributed by atoms with Crippen molar-refractivity contribution >= 4 is 5.91 Å². The van der Waals surface area contributed by atoms with E-state index in [1.807, 2.05) is 4.90 Å². The number of morpholine rings is 1. The van der Waals surface area contributed by atoms with Crippen LogP contribution in [0.25, 0.3) is 0 Å². The van der Waals surface area contributed by atoms with Gasteiger partial charge in [-0.05, 0) is 12.8 Å². The van der Waals surface area contributed by atoms with Crippen molar-refractivity contribution in [1.82, 2.24) is 4.90 Å². The third kappa shape index (κ3) is 1.25. The Balaban J connectivity index is 2.05. The predicted molar refractivity (Wildman–Crippen MR) is 40.2 cm³/mol. The maximum Gasteiger partial charge on any atom is 0.222 e. The van der Waals surface area contributed by atoms with Gasteiger partial charge in [0.25, 0.3) is 0 Å². The standard InChI is InChI=1S/C8H13NO2/c10-8-3-1-2-7-6-11-5-4-9(7)8/h7H,1-6H2. The van der Waals surface area contributed by atoms with Crippen LogP contribution in [0.5, 0.6) is 0 Å². The fourth-order valence-corrected chi connectivity index (χ4v) is 1.85. The number of nitrogens with zero attached hydrogens (tertiary/aromatic N) is 1. The monoisotopic (exact) mass is 155 g/mol. The highest BCUT2D eigenvalue weighted by molar-refractivity contribution is 5.77. The average molecular weight is 155 g/mol. The van der Waals surface area contributed by atoms with Gasteiger partial charge in [0.05, 0.1) is 19.3 Å². The third-order valence-corrected chi connectivity index (χ3v) is 2.48. The van der Waals surface area contributed by atoms with E-state index >= 15 is 0 Å². The Hall–Kier alpha value is -0.570. The van der Waals surface area contributed by atoms with Crippen LogP contribution in [0.4, 0.5) is 0 Å². The molecule has 0 aromatic carbocycles. The lowest BCUT2D eigenvalue weighted by atomic mass is 10.0. The van der Waals surface area contributed by atoms with Gasteiger partial charge in [0, 0.05) is 13.0 Å². The van der Waals surface area contributed by atoms with Gasteiger partial charge >= 0.3 is 0 Å². The van der Waals surface area contributed by atoms with Crippen LogP contribution in [0.3, 0.4) is 0 Å². The first-order valence-corrected chi connectivity index (χ1v) is 4.25. The molecule has 2 saturated heterocycles. The minimum absolute atomic E-state index is 0.324. The fraction of sp³-hybridized carbons (Fsp3) is 0.875. The van der Waals surface area contributed by atoms with Crippen LogP contribution < -0.4 is 0 Å². The molecule has 0 spiro atoms. The van der Waals surface area contributed by atoms with E-state index in [2.05, 4.69) is 0 Å². The largest absolute Gasteiger partial charge is 0.377 e. The summed E-state index contributed by atoms with van der Waals surface area (Å²) in [5.74, 6) is 0.324. The number of carbonyl (C=O) groups excluding carboxylic acids is 1. The van der Waals surface area contributed by atoms with Crippen LogP contribution in [-0.2, 0) is 9.53 Å². The van der Waals surface area contributed by atoms with Gasteiger partial charge in [0.2, 0.25) is 5.91 Å². The number of fused-ring (bicyclic) bond motifs is 1. The van der Waals surface area contributed by atoms with Gasteiger partial charge < -0.3 is 9.64 Å². The molecule has 3 nitrogen and oxygen atoms in total. The van der Waals surface area contributed by atoms with E-state index in [0.717, 1.165) is 39.0 Å². The highest BCUT2D eigenvalue weighted by Gasteiger charge is 2.30. The summed E-state index contributed by atoms with van der Waals surface area (Å²) in [5.41, 5.74) is 0. The second-order valence-corrected chi connectivity index (χ2v) is 3.21. The van der Waals surface area contributed by atoms with E-state index in [-0.39, 0.29) is 0 Å². The van der Waals surface area contributed by atoms with E-state index in [1.54, 1.807) is 0 Å². The second-order valence-electron chi connectivity index (χ2n) is 3.21. The van der Waals surface area contributed by atoms with Crippen molar-refractivity contribution in [3.8, 4) is 0 Å². The summed E-state index contributed by atoms with van der Waals surface area (Å²) in [7, 11) is 0. The zero-order valence-corrected chi connectivity index (χ0v) is 6.58. The van der Waals surface area contributed by atoms with E-state index in [1.165, 1.54) is 0 Å². The van der Waals surface area contributed by atoms with Gasteiger partial charge in [-0.2, -0.15) is 0 Å². The summed E-state index contributed by atoms with van der Waals surface area (Å²) in [5, 5.41) is 0. The molecule has 1 unspecified atom stereocenters. The number of rotatable bonds is 0. The highest BCUT2D eigenvalue weighted by atomic mass is 16.5. The third-order valence-electron chi connectivity index (χ3n) is 2.48. The van der Waals surface area contributed by atoms with Crippen LogP contribution in [-0.4, -0.2) is 36.6 Å². The summed E-state index contributed by atoms with van der Waals surface area (Å²) in [6.45, 7) is 2.29. The minimum Gasteiger partial charge on any atom is -0.377 e. The van der Waals surface area contributed by atoms with Crippen molar-refractivity contribution in [2.24, 2.45) is 0 Å². The SMILES string of the molecule is O=C1CCCC2COCCN12. The smallest absolute Gasteiger partial charge is 0.222 e. The molecule has 2 aliphatic heterocycles. The molecule has 0 saturated carbocycles. The molecular formula is C8H13NO2. The maximum absolute atomic E-state index is 11.3. The Labute approximate surface area is 66.3 Å². The lowest BCUT2D eigenvalue weighted by molar-refractivity contribution is -0.143. The summed E-state index contributed by atoms with van der Waals surface area (Å²) in [6.07, 6.45) is 2.92. The van der Waals surface area contributed by atoms with Crippen molar-refractivity contribution in [2.75, 3.05) is 19.8 Å². The Morgan fingerprint density at radius 3 is 3.27 bits per heavy atom. The summed E-state index contributed by atoms with van der Waals surface area (Å²) in [4.78, 5) is 13.3. The van der Waals surface area contributed by atoms with Gasteiger partial charge in [-0.1, -0.05) is 0 Å². The van der Waals surface area contributed by atoms with Gasteiger partial charge in [-0.25, -0.2) is 0 Å². The van der Waals surface area contributed by atoms with Crippen LogP contribution in [0.15, 0.2) is 0 Å². The number of carbonyl (C=O) groups is 1. The zero-order chi connectivity index (χ0) is 7.68. The van der Waals surface area contributed by atoms with Crippen LogP contribution >= 0.6 is 0 Å². The van der Waals surface area contributed by atoms with Crippen LogP contribution in [0.2, 0.25) is 0 Å². The number of hydrogen-bond acceptors (Lipinski definition) is 2. The quantitative estimate of drug-likeness (QED) is 0.506. The molecule has 1 atom stereocenters. The van der Waals surface area contributed by atoms with Crippen molar-refractivity contribution < 1.29 is 9.53 Å². The average Bonchev–Trinajstić information content (AvgIpc) is 2.06. The first-order valence-electron chi connectivity index (χ1n) is 4.25. The van der Waals surface area contributed by atoms with Gasteiger partial charge in [0.15, 0.2) is 0 Å². The lowest BCUT2D eigenvalue weighted by Gasteiger charge is -2.38. The molecule has 2 rings (SSSR count). The normalized spacial score (nSPS) is 31.8. The molecule has 2 aliphatic rings. The molecule has 0 aromatic rings. The number of ether oxygens (including phenoxy) is 1. The molecule has 0 radical (unpaired) electrons. The Kier molecular flexibility index (Phi) is 1.82. The minimum atomic E-state index is 0.324. The molecule has 11 heavy (non-hydrogen) atoms. The van der Waals surface area contributed by atoms with Crippen molar-refractivity contribution in [3.63, 3.8) is 0 Å². The zero-order valence-electron chi connectivity index (χ0n) is 6.58. The van der Waals surface area contributed by atoms with Gasteiger partial charge in [0.1, 0.15) is 0 Å². The van der Waals surface area contributed by atoms with Gasteiger partial charge in [-0.3, -0.25) is 4.79 Å². The molecule has 0 aliphatic carbocycles. The topological polar surface area (TPSA) is 29.5 Å². The van der Waals surface area contributed by atoms with E-state index < -0.39 is 0 Å². The number of amides is 1. The Morgan fingerprint density at radius 2 is 2.45 bits per heavy atom. The molecule has 62 valence electrons. The summed E-state index contributed by atoms with van der Waals surface area (Å²) in [6, 6.07) is 0.394. The van der Waals surface area contributed by atoms with E-state index in [9.17, 15) is 4.79 Å². The summed E-state index contributed by atoms with van der Waals surface area (Å²) < 4.78 is 5.29. The number of piperidine rings is 1. The molecule has 2 heterocycles. The number of hydrogen-bond donors (Lipinski definition) is 0. The lowest BCUT2D eigenvalue weighted by Crippen LogP contribution is -2.50. The van der Waals surface area contributed by atoms with Crippen molar-refractivity contribution in [2.45, 2.75) is 25.3 Å². The van der Waals surface area contributed by atoms with E-state index in [0.29, 0.717) is 11.9 Å². The Morgan fingerprint density at radius 1 is 1.55 bits per heavy atom. The Bertz CT molecular complexity index is 167. The molecule has 2 fully saturated rings. The fourth-order valence-electron chi connectivity index (χ4n) is 1.85. The van der Waals surface area contributed by atoms with E-state index in [4.69, 9.17) is 4.74 Å². The molecule has 3 heteroatoms. The second kappa shape index (κ2) is 2.81. The first kappa shape index (κ1) is 7.10. The molecule has 0 bridgehead atoms. The van der Waals surface area contributed by atoms with Crippen LogP contribution in [0.1, 0.15) is 19.3 Å². The first-order chi connectivity index (χ1) is 5.38. The molecule has 1 amide bonds. The molecule has 0 N–H and O–H groups in total. The highest BCUT2D eigenvalue weighted by Crippen LogP contribution is 2.20. The van der Waals surface area contributed by atoms with Crippen molar-refractivity contribution in [1.29, 1.82) is 0 Å². The summed E-state index contributed by atoms with van der Waals surface area (Å²) >= 11 is 0. The van der Waals surface area contributed by atoms with Crippen molar-refractivity contribution in [3.05, 3.63) is 0 Å². The maximum atomic E-state index is 11.3. The predicted octanol–water partition coefficient (Wildman–Crippen LogP) is 0.398. The molecule has 0 aromatic heterocycles. The van der Waals surface area contributed by atoms with Crippen LogP contribution in [0, 0.1) is 0 Å². The molecular weight excluding hydrogens is 142 g/mol.